The summed E-state index contributed by atoms with van der Waals surface area (Å²) < 4.78 is 40.3. The molecule has 142 heavy (non-hydrogen) atoms. The number of alkyl halides is 3. The van der Waals surface area contributed by atoms with Gasteiger partial charge in [0.2, 0.25) is 5.82 Å². The molecule has 1 saturated heterocycles. The molecule has 7 aromatic carbocycles. The highest BCUT2D eigenvalue weighted by Gasteiger charge is 2.47. The summed E-state index contributed by atoms with van der Waals surface area (Å²) in [6.45, 7) is 11.9. The first kappa shape index (κ1) is 108. The fourth-order valence-electron chi connectivity index (χ4n) is 22.5. The van der Waals surface area contributed by atoms with Crippen LogP contribution in [0.4, 0.5) is 13.2 Å². The van der Waals surface area contributed by atoms with Crippen molar-refractivity contribution in [3.63, 3.8) is 0 Å². The van der Waals surface area contributed by atoms with Crippen LogP contribution in [0.15, 0.2) is 249 Å². The summed E-state index contributed by atoms with van der Waals surface area (Å²) in [4.78, 5) is 34.0. The quantitative estimate of drug-likeness (QED) is 0.0331. The van der Waals surface area contributed by atoms with Crippen LogP contribution < -0.4 is 45.0 Å². The molecule has 20 nitrogen and oxygen atoms in total. The number of aromatic nitrogens is 8. The van der Waals surface area contributed by atoms with Crippen molar-refractivity contribution in [2.24, 2.45) is 39.8 Å². The molecular weight excluding hydrogens is 1910 g/mol. The molecule has 0 bridgehead atoms. The normalized spacial score (nSPS) is 25.6. The lowest BCUT2D eigenvalue weighted by molar-refractivity contribution is -0.148. The van der Waals surface area contributed by atoms with Gasteiger partial charge in [0, 0.05) is 145 Å². The summed E-state index contributed by atoms with van der Waals surface area (Å²) in [5, 5.41) is 33.2. The Balaban J connectivity index is 0.000000136. The number of nitrogens with zero attached hydrogens (tertiary/aromatic N) is 10. The van der Waals surface area contributed by atoms with Crippen LogP contribution in [-0.2, 0) is 52.8 Å². The number of carbonyl (C=O) groups is 2. The van der Waals surface area contributed by atoms with Gasteiger partial charge in [-0.15, -0.1) is 15.3 Å². The number of allylic oxidation sites excluding steroid dienone is 4. The number of nitrogens with two attached hydrogens (primary N) is 6. The molecule has 4 aromatic heterocycles. The SMILES string of the molecule is CC1(NC(=O)c2cccnn2)CCC(CN)(c2cccc(Cl)c2)CC1.CC1(NC(=O)c2ccnnc2)CCC(CN)(c2cccc(Cl)c2)CC1.NCC1(Cc2cccc(Cl)c2)CCC(N2CCn3c(nnc3C(F)(F)F)C2)CC1.NCC1(c2cccc(Cl)c2)CC=C(c2ccccc2)CC1.NCC1(c2cccc(Cl)c2)CC=C(c2cccnc2)CC1.NCC1(c2cccc(Cl)c2)CCC(N2CCCCC2)CC1. The van der Waals surface area contributed by atoms with E-state index in [1.807, 2.05) is 103 Å². The van der Waals surface area contributed by atoms with E-state index in [0.717, 1.165) is 165 Å². The van der Waals surface area contributed by atoms with Gasteiger partial charge in [-0.25, -0.2) is 0 Å². The number of nitrogens with one attached hydrogen (secondary N) is 2. The number of halogens is 9. The van der Waals surface area contributed by atoms with E-state index in [1.54, 1.807) is 24.4 Å². The Morgan fingerprint density at radius 2 is 0.852 bits per heavy atom. The van der Waals surface area contributed by atoms with Crippen LogP contribution in [0.5, 0.6) is 0 Å². The molecule has 14 N–H and O–H groups in total. The molecule has 2 unspecified atom stereocenters. The molecule has 5 fully saturated rings. The van der Waals surface area contributed by atoms with Crippen LogP contribution >= 0.6 is 69.6 Å². The zero-order valence-corrected chi connectivity index (χ0v) is 86.2. The molecule has 29 heteroatoms. The number of carbonyl (C=O) groups excluding carboxylic acids is 2. The van der Waals surface area contributed by atoms with Gasteiger partial charge < -0.3 is 54.5 Å². The van der Waals surface area contributed by atoms with Crippen molar-refractivity contribution >= 4 is 92.6 Å². The maximum Gasteiger partial charge on any atom is 0.451 e. The number of fused-ring (bicyclic) bond motifs is 1. The second-order valence-electron chi connectivity index (χ2n) is 40.8. The number of hydrogen-bond acceptors (Lipinski definition) is 17. The third-order valence-electron chi connectivity index (χ3n) is 31.9. The number of benzene rings is 7. The Morgan fingerprint density at radius 1 is 0.401 bits per heavy atom. The molecule has 2 atom stereocenters. The summed E-state index contributed by atoms with van der Waals surface area (Å²) >= 11 is 36.9. The van der Waals surface area contributed by atoms with Gasteiger partial charge in [-0.1, -0.05) is 197 Å². The highest BCUT2D eigenvalue weighted by molar-refractivity contribution is 6.32. The summed E-state index contributed by atoms with van der Waals surface area (Å²) in [6.07, 6.45) is 35.7. The molecule has 754 valence electrons. The van der Waals surface area contributed by atoms with Crippen LogP contribution in [0.1, 0.15) is 251 Å². The molecule has 19 rings (SSSR count). The molecule has 0 radical (unpaired) electrons. The van der Waals surface area contributed by atoms with Gasteiger partial charge in [-0.3, -0.25) is 19.5 Å². The molecule has 2 amide bonds. The third-order valence-corrected chi connectivity index (χ3v) is 33.3. The van der Waals surface area contributed by atoms with Gasteiger partial charge in [-0.05, 0) is 352 Å². The highest BCUT2D eigenvalue weighted by Crippen LogP contribution is 2.50. The van der Waals surface area contributed by atoms with E-state index in [0.29, 0.717) is 68.9 Å². The fourth-order valence-corrected chi connectivity index (χ4v) is 23.7. The summed E-state index contributed by atoms with van der Waals surface area (Å²) in [6, 6.07) is 69.4. The Hall–Kier alpha value is -9.38. The van der Waals surface area contributed by atoms with E-state index >= 15 is 0 Å². The number of hydrogen-bond donors (Lipinski definition) is 8. The zero-order valence-electron chi connectivity index (χ0n) is 81.6. The van der Waals surface area contributed by atoms with E-state index < -0.39 is 12.0 Å². The topological polar surface area (TPSA) is 316 Å². The molecule has 6 heterocycles. The van der Waals surface area contributed by atoms with Crippen LogP contribution in [0.2, 0.25) is 30.1 Å². The Morgan fingerprint density at radius 3 is 1.28 bits per heavy atom. The first-order valence-corrected chi connectivity index (χ1v) is 52.5. The predicted molar refractivity (Wildman–Crippen MR) is 570 cm³/mol. The monoisotopic (exact) mass is 2040 g/mol. The van der Waals surface area contributed by atoms with Gasteiger partial charge >= 0.3 is 6.18 Å². The molecular formula is C113H137Cl6F3N18O2. The largest absolute Gasteiger partial charge is 0.451 e. The molecule has 6 aliphatic carbocycles. The van der Waals surface area contributed by atoms with Crippen molar-refractivity contribution < 1.29 is 22.8 Å². The first-order valence-electron chi connectivity index (χ1n) is 50.2. The minimum atomic E-state index is -4.46. The van der Waals surface area contributed by atoms with Crippen LogP contribution in [-0.4, -0.2) is 144 Å². The first-order chi connectivity index (χ1) is 68.4. The predicted octanol–water partition coefficient (Wildman–Crippen LogP) is 23.0. The summed E-state index contributed by atoms with van der Waals surface area (Å²) in [7, 11) is 0. The minimum Gasteiger partial charge on any atom is -0.347 e. The molecule has 0 spiro atoms. The second kappa shape index (κ2) is 49.7. The van der Waals surface area contributed by atoms with Crippen molar-refractivity contribution in [1.82, 2.24) is 60.6 Å². The zero-order chi connectivity index (χ0) is 101. The highest BCUT2D eigenvalue weighted by atomic mass is 35.5. The van der Waals surface area contributed by atoms with Crippen molar-refractivity contribution in [3.05, 3.63) is 347 Å². The number of piperidine rings is 1. The Labute approximate surface area is 865 Å². The number of pyridine rings is 1. The number of amides is 2. The maximum absolute atomic E-state index is 13.0. The fraction of sp³-hybridized carbons (Fsp3) is 0.442. The Bertz CT molecular complexity index is 5720. The van der Waals surface area contributed by atoms with Crippen molar-refractivity contribution in [2.45, 2.75) is 250 Å². The average Bonchev–Trinajstić information content (AvgIpc) is 1.08. The number of likely N-dealkylation sites (tertiary alicyclic amines) is 1. The van der Waals surface area contributed by atoms with Gasteiger partial charge in [0.1, 0.15) is 5.82 Å². The van der Waals surface area contributed by atoms with Crippen molar-refractivity contribution in [3.8, 4) is 0 Å². The van der Waals surface area contributed by atoms with E-state index in [9.17, 15) is 22.8 Å². The summed E-state index contributed by atoms with van der Waals surface area (Å²) in [5.74, 6) is -0.781. The lowest BCUT2D eigenvalue weighted by atomic mass is 9.64. The standard InChI is InChI=1S/C20H25ClF3N5.2C19H23ClN4O.C19H20ClN.C18H19ClN2.C18H27ClN2/c21-15-3-1-2-14(10-15)11-19(13-25)6-4-16(5-7-19)28-8-9-29-17(12-28)26-27-18(29)20(22,23)24;1-18(23-17(25)16-6-3-11-22-24-16)7-9-19(13-21,10-8-18)14-4-2-5-15(20)12-14;1-18(24-17(25)14-5-10-22-23-12-14)6-8-19(13-21,9-7-18)15-3-2-4-16(20)11-15;20-18-8-4-7-17(13-18)19(14-21)11-9-16(10-12-19)15-5-2-1-3-6-15;19-17-5-1-4-16(11-17)18(13-20)8-6-14(7-9-18)15-3-2-10-21-12-15;19-16-6-4-5-15(13-16)18(14-20)9-7-17(8-10-18)21-11-2-1-3-12-21/h1-3,10,16H,4-9,11-13,25H2;2-6,11-12H,7-10,13,21H2,1H3,(H,23,25);2-5,10-12H,6-9,13,21H2,1H3,(H,24,25);1-9,13H,10-12,14,21H2;1-6,10-12H,7-9,13,20H2;4-6,13,17H,1-3,7-12,14,20H2. The van der Waals surface area contributed by atoms with Crippen LogP contribution in [0.3, 0.4) is 0 Å². The smallest absolute Gasteiger partial charge is 0.347 e. The van der Waals surface area contributed by atoms with Gasteiger partial charge in [0.05, 0.1) is 24.5 Å². The number of rotatable bonds is 21. The maximum atomic E-state index is 13.0. The lowest BCUT2D eigenvalue weighted by Crippen LogP contribution is -2.52. The van der Waals surface area contributed by atoms with Crippen molar-refractivity contribution in [2.75, 3.05) is 58.9 Å². The molecule has 8 aliphatic rings. The van der Waals surface area contributed by atoms with E-state index in [4.69, 9.17) is 104 Å². The third kappa shape index (κ3) is 27.7. The second-order valence-corrected chi connectivity index (χ2v) is 43.5. The van der Waals surface area contributed by atoms with Gasteiger partial charge in [-0.2, -0.15) is 28.5 Å². The summed E-state index contributed by atoms with van der Waals surface area (Å²) in [5.41, 5.74) is 50.1. The van der Waals surface area contributed by atoms with Gasteiger partial charge in [0.25, 0.3) is 11.8 Å². The van der Waals surface area contributed by atoms with E-state index in [-0.39, 0.29) is 61.9 Å². The van der Waals surface area contributed by atoms with Crippen molar-refractivity contribution in [1.29, 1.82) is 0 Å². The molecule has 4 saturated carbocycles. The van der Waals surface area contributed by atoms with E-state index in [2.05, 4.69) is 179 Å². The molecule has 11 aromatic rings. The van der Waals surface area contributed by atoms with E-state index in [1.165, 1.54) is 131 Å². The van der Waals surface area contributed by atoms with Gasteiger partial charge in [0.15, 0.2) is 5.69 Å². The van der Waals surface area contributed by atoms with Crippen LogP contribution in [0, 0.1) is 5.41 Å². The Kier molecular flexibility index (Phi) is 37.9. The minimum absolute atomic E-state index is 0.0105. The average molecular weight is 2050 g/mol. The lowest BCUT2D eigenvalue weighted by Gasteiger charge is -2.45. The molecule has 2 aliphatic heterocycles. The van der Waals surface area contributed by atoms with Crippen LogP contribution in [0.25, 0.3) is 11.1 Å².